The number of piperidine rings is 1. The summed E-state index contributed by atoms with van der Waals surface area (Å²) in [5.41, 5.74) is 0. The molecule has 2 saturated heterocycles. The molecule has 2 fully saturated rings. The van der Waals surface area contributed by atoms with Crippen molar-refractivity contribution in [2.45, 2.75) is 44.0 Å². The molecule has 0 aromatic carbocycles. The van der Waals surface area contributed by atoms with Crippen molar-refractivity contribution in [2.75, 3.05) is 56.5 Å². The monoisotopic (exact) mass is 478 g/mol. The number of halogens is 3. The largest absolute Gasteiger partial charge is 0.450 e. The molecule has 0 saturated carbocycles. The highest BCUT2D eigenvalue weighted by atomic mass is 32.2. The lowest BCUT2D eigenvalue weighted by molar-refractivity contribution is 0.0812. The minimum Gasteiger partial charge on any atom is -0.450 e. The summed E-state index contributed by atoms with van der Waals surface area (Å²) in [6.07, 6.45) is 1.93. The molecule has 12 heteroatoms. The van der Waals surface area contributed by atoms with Crippen LogP contribution in [0.4, 0.5) is 23.8 Å². The molecule has 1 aromatic heterocycles. The summed E-state index contributed by atoms with van der Waals surface area (Å²) >= 11 is 0. The third kappa shape index (κ3) is 5.28. The third-order valence-corrected chi connectivity index (χ3v) is 7.64. The number of aromatic nitrogens is 1. The Bertz CT molecular complexity index is 939. The van der Waals surface area contributed by atoms with E-state index < -0.39 is 50.0 Å². The Morgan fingerprint density at radius 2 is 1.78 bits per heavy atom. The zero-order chi connectivity index (χ0) is 23.5. The van der Waals surface area contributed by atoms with Crippen molar-refractivity contribution in [2.24, 2.45) is 0 Å². The van der Waals surface area contributed by atoms with Crippen LogP contribution in [0.2, 0.25) is 0 Å². The quantitative estimate of drug-likeness (QED) is 0.581. The molecule has 0 aliphatic carbocycles. The van der Waals surface area contributed by atoms with E-state index in [1.54, 1.807) is 11.8 Å². The summed E-state index contributed by atoms with van der Waals surface area (Å²) in [5, 5.41) is 0. The van der Waals surface area contributed by atoms with E-state index in [4.69, 9.17) is 4.74 Å². The molecule has 0 N–H and O–H groups in total. The van der Waals surface area contributed by atoms with Crippen LogP contribution < -0.4 is 4.90 Å². The van der Waals surface area contributed by atoms with Gasteiger partial charge < -0.3 is 14.5 Å². The molecule has 8 nitrogen and oxygen atoms in total. The number of piperazine rings is 1. The molecule has 0 unspecified atom stereocenters. The molecule has 3 rings (SSSR count). The number of nitrogens with zero attached hydrogens (tertiary/aromatic N) is 4. The molecular formula is C20H29F3N4O4S. The summed E-state index contributed by atoms with van der Waals surface area (Å²) in [6.45, 7) is 5.64. The molecule has 180 valence electrons. The first-order valence-corrected chi connectivity index (χ1v) is 12.5. The SMILES string of the molecule is CCOC(=O)N1CCN(CCS(=O)(=O)c2c(F)c(F)nc(N3CCCC[C@H]3C)c2F)CC1. The van der Waals surface area contributed by atoms with Crippen LogP contribution in [-0.2, 0) is 14.6 Å². The average molecular weight is 479 g/mol. The van der Waals surface area contributed by atoms with Crippen LogP contribution in [0.25, 0.3) is 0 Å². The van der Waals surface area contributed by atoms with Crippen molar-refractivity contribution in [1.82, 2.24) is 14.8 Å². The number of pyridine rings is 1. The molecule has 0 spiro atoms. The summed E-state index contributed by atoms with van der Waals surface area (Å²) in [5.74, 6) is -5.80. The van der Waals surface area contributed by atoms with Gasteiger partial charge in [-0.3, -0.25) is 4.90 Å². The zero-order valence-electron chi connectivity index (χ0n) is 18.3. The number of hydrogen-bond acceptors (Lipinski definition) is 7. The van der Waals surface area contributed by atoms with Crippen molar-refractivity contribution in [3.63, 3.8) is 0 Å². The Morgan fingerprint density at radius 1 is 1.09 bits per heavy atom. The van der Waals surface area contributed by atoms with Gasteiger partial charge in [-0.15, -0.1) is 0 Å². The fourth-order valence-electron chi connectivity index (χ4n) is 4.08. The summed E-state index contributed by atoms with van der Waals surface area (Å²) in [4.78, 5) is 18.7. The van der Waals surface area contributed by atoms with Crippen molar-refractivity contribution >= 4 is 21.7 Å². The normalized spacial score (nSPS) is 20.5. The van der Waals surface area contributed by atoms with Crippen molar-refractivity contribution < 1.29 is 31.1 Å². The standard InChI is InChI=1S/C20H29F3N4O4S/c1-3-31-20(28)26-10-8-25(9-11-26)12-13-32(29,30)17-15(21)18(23)24-19(16(17)22)27-7-5-4-6-14(27)2/h14H,3-13H2,1-2H3/t14-/m1/s1. The van der Waals surface area contributed by atoms with Gasteiger partial charge >= 0.3 is 6.09 Å². The molecule has 2 aliphatic heterocycles. The molecule has 1 atom stereocenters. The van der Waals surface area contributed by atoms with E-state index in [0.717, 1.165) is 19.3 Å². The van der Waals surface area contributed by atoms with Gasteiger partial charge in [-0.1, -0.05) is 0 Å². The Kier molecular flexibility index (Phi) is 7.86. The number of anilines is 1. The highest BCUT2D eigenvalue weighted by Crippen LogP contribution is 2.32. The second-order valence-electron chi connectivity index (χ2n) is 8.07. The van der Waals surface area contributed by atoms with Gasteiger partial charge in [-0.2, -0.15) is 9.37 Å². The Balaban J connectivity index is 1.73. The van der Waals surface area contributed by atoms with E-state index in [9.17, 15) is 22.0 Å². The van der Waals surface area contributed by atoms with Crippen LogP contribution in [0.1, 0.15) is 33.1 Å². The summed E-state index contributed by atoms with van der Waals surface area (Å²) in [6, 6.07) is -0.165. The van der Waals surface area contributed by atoms with Gasteiger partial charge in [0, 0.05) is 45.3 Å². The van der Waals surface area contributed by atoms with E-state index in [1.807, 2.05) is 6.92 Å². The Labute approximate surface area is 186 Å². The lowest BCUT2D eigenvalue weighted by atomic mass is 10.0. The molecule has 2 aliphatic rings. The number of carbonyl (C=O) groups is 1. The number of sulfone groups is 1. The smallest absolute Gasteiger partial charge is 0.409 e. The van der Waals surface area contributed by atoms with E-state index in [2.05, 4.69) is 4.98 Å². The maximum atomic E-state index is 15.2. The topological polar surface area (TPSA) is 83.0 Å². The molecule has 0 bridgehead atoms. The van der Waals surface area contributed by atoms with Crippen molar-refractivity contribution in [1.29, 1.82) is 0 Å². The zero-order valence-corrected chi connectivity index (χ0v) is 19.1. The van der Waals surface area contributed by atoms with E-state index in [1.165, 1.54) is 9.80 Å². The van der Waals surface area contributed by atoms with Crippen LogP contribution in [0, 0.1) is 17.6 Å². The van der Waals surface area contributed by atoms with Crippen LogP contribution in [0.3, 0.4) is 0 Å². The second-order valence-corrected chi connectivity index (χ2v) is 10.1. The molecule has 0 radical (unpaired) electrons. The number of amides is 1. The number of carbonyl (C=O) groups excluding carboxylic acids is 1. The fraction of sp³-hybridized carbons (Fsp3) is 0.700. The predicted molar refractivity (Wildman–Crippen MR) is 112 cm³/mol. The number of rotatable bonds is 6. The molecule has 3 heterocycles. The summed E-state index contributed by atoms with van der Waals surface area (Å²) in [7, 11) is -4.46. The molecular weight excluding hydrogens is 449 g/mol. The van der Waals surface area contributed by atoms with E-state index in [0.29, 0.717) is 32.7 Å². The van der Waals surface area contributed by atoms with Crippen LogP contribution >= 0.6 is 0 Å². The van der Waals surface area contributed by atoms with Gasteiger partial charge in [0.2, 0.25) is 0 Å². The molecule has 32 heavy (non-hydrogen) atoms. The van der Waals surface area contributed by atoms with Gasteiger partial charge in [0.05, 0.1) is 12.4 Å². The minimum atomic E-state index is -4.46. The lowest BCUT2D eigenvalue weighted by Crippen LogP contribution is -2.49. The van der Waals surface area contributed by atoms with E-state index >= 15 is 4.39 Å². The second kappa shape index (κ2) is 10.2. The average Bonchev–Trinajstić information content (AvgIpc) is 2.76. The third-order valence-electron chi connectivity index (χ3n) is 5.94. The first kappa shape index (κ1) is 24.6. The summed E-state index contributed by atoms with van der Waals surface area (Å²) < 4.78 is 74.4. The highest BCUT2D eigenvalue weighted by molar-refractivity contribution is 7.91. The van der Waals surface area contributed by atoms with Gasteiger partial charge in [-0.25, -0.2) is 22.0 Å². The van der Waals surface area contributed by atoms with Crippen LogP contribution in [-0.4, -0.2) is 87.0 Å². The Morgan fingerprint density at radius 3 is 2.41 bits per heavy atom. The van der Waals surface area contributed by atoms with Gasteiger partial charge in [0.15, 0.2) is 27.3 Å². The first-order chi connectivity index (χ1) is 15.2. The molecule has 1 amide bonds. The first-order valence-electron chi connectivity index (χ1n) is 10.8. The van der Waals surface area contributed by atoms with Crippen molar-refractivity contribution in [3.8, 4) is 0 Å². The maximum Gasteiger partial charge on any atom is 0.409 e. The van der Waals surface area contributed by atoms with E-state index in [-0.39, 0.29) is 19.2 Å². The molecule has 1 aromatic rings. The van der Waals surface area contributed by atoms with Crippen molar-refractivity contribution in [3.05, 3.63) is 17.6 Å². The number of ether oxygens (including phenoxy) is 1. The minimum absolute atomic E-state index is 0.00271. The van der Waals surface area contributed by atoms with Crippen LogP contribution in [0.15, 0.2) is 4.90 Å². The maximum absolute atomic E-state index is 15.2. The van der Waals surface area contributed by atoms with Gasteiger partial charge in [0.25, 0.3) is 5.95 Å². The lowest BCUT2D eigenvalue weighted by Gasteiger charge is -2.35. The highest BCUT2D eigenvalue weighted by Gasteiger charge is 2.34. The number of hydrogen-bond donors (Lipinski definition) is 0. The predicted octanol–water partition coefficient (Wildman–Crippen LogP) is 2.43. The fourth-order valence-corrected chi connectivity index (χ4v) is 5.50. The van der Waals surface area contributed by atoms with Gasteiger partial charge in [-0.05, 0) is 33.1 Å². The van der Waals surface area contributed by atoms with Gasteiger partial charge in [0.1, 0.15) is 4.90 Å². The Hall–Kier alpha value is -2.08. The van der Waals surface area contributed by atoms with Crippen LogP contribution in [0.5, 0.6) is 0 Å².